The molecule has 130 valence electrons. The number of rotatable bonds is 5. The normalized spacial score (nSPS) is 16.0. The zero-order valence-corrected chi connectivity index (χ0v) is 13.9. The highest BCUT2D eigenvalue weighted by Crippen LogP contribution is 2.24. The van der Waals surface area contributed by atoms with Crippen LogP contribution >= 0.6 is 0 Å². The van der Waals surface area contributed by atoms with E-state index in [-0.39, 0.29) is 17.4 Å². The molecule has 0 amide bonds. The molecule has 2 aromatic rings. The Bertz CT molecular complexity index is 772. The summed E-state index contributed by atoms with van der Waals surface area (Å²) in [4.78, 5) is 8.56. The molecule has 0 bridgehead atoms. The van der Waals surface area contributed by atoms with Gasteiger partial charge >= 0.3 is 0 Å². The van der Waals surface area contributed by atoms with Gasteiger partial charge in [0.2, 0.25) is 5.88 Å². The molecule has 1 aliphatic heterocycles. The van der Waals surface area contributed by atoms with Crippen LogP contribution in [-0.2, 0) is 0 Å². The van der Waals surface area contributed by atoms with Crippen molar-refractivity contribution < 1.29 is 13.9 Å². The molecule has 0 radical (unpaired) electrons. The molecule has 1 atom stereocenters. The fourth-order valence-corrected chi connectivity index (χ4v) is 2.61. The van der Waals surface area contributed by atoms with E-state index in [0.29, 0.717) is 11.7 Å². The molecular weight excluding hydrogens is 323 g/mol. The lowest BCUT2D eigenvalue weighted by Crippen LogP contribution is -2.34. The molecule has 1 N–H and O–H groups in total. The summed E-state index contributed by atoms with van der Waals surface area (Å²) in [7, 11) is 0. The summed E-state index contributed by atoms with van der Waals surface area (Å²) >= 11 is 0. The minimum absolute atomic E-state index is 0.0553. The van der Waals surface area contributed by atoms with Crippen LogP contribution < -0.4 is 14.8 Å². The van der Waals surface area contributed by atoms with Crippen molar-refractivity contribution in [3.63, 3.8) is 0 Å². The second-order valence-electron chi connectivity index (χ2n) is 5.84. The van der Waals surface area contributed by atoms with E-state index in [1.54, 1.807) is 19.2 Å². The fourth-order valence-electron chi connectivity index (χ4n) is 2.61. The summed E-state index contributed by atoms with van der Waals surface area (Å²) in [6.07, 6.45) is 3.05. The highest BCUT2D eigenvalue weighted by Gasteiger charge is 2.18. The Balaban J connectivity index is 1.68. The van der Waals surface area contributed by atoms with Gasteiger partial charge in [0.15, 0.2) is 23.5 Å². The SMILES string of the molecule is CC(Oc1ccc(C#N)cc1F)c1nccc(OC2CCNCC2)n1. The lowest BCUT2D eigenvalue weighted by Gasteiger charge is -2.23. The van der Waals surface area contributed by atoms with Crippen molar-refractivity contribution >= 4 is 0 Å². The lowest BCUT2D eigenvalue weighted by molar-refractivity contribution is 0.152. The monoisotopic (exact) mass is 342 g/mol. The number of aromatic nitrogens is 2. The third-order valence-corrected chi connectivity index (χ3v) is 3.95. The molecule has 25 heavy (non-hydrogen) atoms. The molecule has 0 spiro atoms. The summed E-state index contributed by atoms with van der Waals surface area (Å²) in [6, 6.07) is 7.67. The van der Waals surface area contributed by atoms with E-state index in [2.05, 4.69) is 15.3 Å². The van der Waals surface area contributed by atoms with Crippen molar-refractivity contribution in [2.45, 2.75) is 32.0 Å². The first kappa shape index (κ1) is 17.1. The summed E-state index contributed by atoms with van der Waals surface area (Å²) < 4.78 is 25.4. The van der Waals surface area contributed by atoms with E-state index in [1.807, 2.05) is 6.07 Å². The first-order valence-corrected chi connectivity index (χ1v) is 8.22. The first-order valence-electron chi connectivity index (χ1n) is 8.22. The summed E-state index contributed by atoms with van der Waals surface area (Å²) in [5, 5.41) is 12.1. The third kappa shape index (κ3) is 4.43. The standard InChI is InChI=1S/C18H19FN4O2/c1-12(24-16-3-2-13(11-20)10-15(16)19)18-22-9-6-17(23-18)25-14-4-7-21-8-5-14/h2-3,6,9-10,12,14,21H,4-5,7-8H2,1H3. The summed E-state index contributed by atoms with van der Waals surface area (Å²) in [5.41, 5.74) is 0.242. The maximum atomic E-state index is 14.0. The highest BCUT2D eigenvalue weighted by atomic mass is 19.1. The second kappa shape index (κ2) is 7.90. The molecule has 1 fully saturated rings. The number of nitrogens with zero attached hydrogens (tertiary/aromatic N) is 3. The number of hydrogen-bond donors (Lipinski definition) is 1. The quantitative estimate of drug-likeness (QED) is 0.900. The van der Waals surface area contributed by atoms with Crippen LogP contribution in [0.25, 0.3) is 0 Å². The van der Waals surface area contributed by atoms with E-state index in [1.165, 1.54) is 12.1 Å². The second-order valence-corrected chi connectivity index (χ2v) is 5.84. The Labute approximate surface area is 145 Å². The first-order chi connectivity index (χ1) is 12.2. The average molecular weight is 342 g/mol. The zero-order chi connectivity index (χ0) is 17.6. The van der Waals surface area contributed by atoms with Crippen LogP contribution in [0.2, 0.25) is 0 Å². The van der Waals surface area contributed by atoms with Gasteiger partial charge in [0.1, 0.15) is 6.10 Å². The summed E-state index contributed by atoms with van der Waals surface area (Å²) in [6.45, 7) is 3.60. The van der Waals surface area contributed by atoms with Crippen molar-refractivity contribution in [2.75, 3.05) is 13.1 Å². The number of benzene rings is 1. The van der Waals surface area contributed by atoms with Gasteiger partial charge in [-0.25, -0.2) is 9.37 Å². The number of nitrogens with one attached hydrogen (secondary N) is 1. The Kier molecular flexibility index (Phi) is 5.41. The Morgan fingerprint density at radius 1 is 1.32 bits per heavy atom. The number of hydrogen-bond acceptors (Lipinski definition) is 6. The van der Waals surface area contributed by atoms with E-state index < -0.39 is 11.9 Å². The molecule has 0 aliphatic carbocycles. The van der Waals surface area contributed by atoms with Crippen LogP contribution in [0.3, 0.4) is 0 Å². The van der Waals surface area contributed by atoms with Gasteiger partial charge in [-0.3, -0.25) is 0 Å². The van der Waals surface area contributed by atoms with Gasteiger partial charge in [-0.05, 0) is 51.1 Å². The van der Waals surface area contributed by atoms with Gasteiger partial charge in [-0.2, -0.15) is 10.2 Å². The van der Waals surface area contributed by atoms with Crippen LogP contribution in [0.15, 0.2) is 30.5 Å². The topological polar surface area (TPSA) is 80.1 Å². The van der Waals surface area contributed by atoms with Crippen molar-refractivity contribution in [2.24, 2.45) is 0 Å². The number of halogens is 1. The molecule has 0 saturated carbocycles. The van der Waals surface area contributed by atoms with Gasteiger partial charge < -0.3 is 14.8 Å². The van der Waals surface area contributed by atoms with Crippen molar-refractivity contribution in [3.8, 4) is 17.7 Å². The molecule has 1 aliphatic rings. The molecule has 6 nitrogen and oxygen atoms in total. The van der Waals surface area contributed by atoms with Gasteiger partial charge in [0, 0.05) is 12.3 Å². The Morgan fingerprint density at radius 2 is 2.12 bits per heavy atom. The minimum atomic E-state index is -0.590. The van der Waals surface area contributed by atoms with E-state index in [0.717, 1.165) is 32.0 Å². The zero-order valence-electron chi connectivity index (χ0n) is 13.9. The van der Waals surface area contributed by atoms with Crippen LogP contribution in [-0.4, -0.2) is 29.2 Å². The predicted molar refractivity (Wildman–Crippen MR) is 88.7 cm³/mol. The maximum Gasteiger partial charge on any atom is 0.216 e. The van der Waals surface area contributed by atoms with Crippen LogP contribution in [0, 0.1) is 17.1 Å². The van der Waals surface area contributed by atoms with Crippen molar-refractivity contribution in [1.29, 1.82) is 5.26 Å². The Morgan fingerprint density at radius 3 is 2.84 bits per heavy atom. The van der Waals surface area contributed by atoms with Gasteiger partial charge in [-0.1, -0.05) is 0 Å². The molecule has 1 aromatic heterocycles. The number of piperidine rings is 1. The number of nitriles is 1. The largest absolute Gasteiger partial charge is 0.480 e. The molecule has 2 heterocycles. The Hall–Kier alpha value is -2.72. The minimum Gasteiger partial charge on any atom is -0.480 e. The van der Waals surface area contributed by atoms with E-state index in [9.17, 15) is 4.39 Å². The number of ether oxygens (including phenoxy) is 2. The van der Waals surface area contributed by atoms with Crippen LogP contribution in [0.1, 0.15) is 37.3 Å². The smallest absolute Gasteiger partial charge is 0.216 e. The van der Waals surface area contributed by atoms with Crippen LogP contribution in [0.5, 0.6) is 11.6 Å². The molecule has 1 unspecified atom stereocenters. The maximum absolute atomic E-state index is 14.0. The van der Waals surface area contributed by atoms with E-state index in [4.69, 9.17) is 14.7 Å². The molecule has 3 rings (SSSR count). The van der Waals surface area contributed by atoms with Crippen molar-refractivity contribution in [1.82, 2.24) is 15.3 Å². The fraction of sp³-hybridized carbons (Fsp3) is 0.389. The third-order valence-electron chi connectivity index (χ3n) is 3.95. The van der Waals surface area contributed by atoms with Gasteiger partial charge in [-0.15, -0.1) is 0 Å². The predicted octanol–water partition coefficient (Wildman–Crippen LogP) is 2.76. The van der Waals surface area contributed by atoms with Crippen LogP contribution in [0.4, 0.5) is 4.39 Å². The van der Waals surface area contributed by atoms with E-state index >= 15 is 0 Å². The molecular formula is C18H19FN4O2. The highest BCUT2D eigenvalue weighted by molar-refractivity contribution is 5.36. The summed E-state index contributed by atoms with van der Waals surface area (Å²) in [5.74, 6) is 0.371. The van der Waals surface area contributed by atoms with Gasteiger partial charge in [0.25, 0.3) is 0 Å². The van der Waals surface area contributed by atoms with Crippen molar-refractivity contribution in [3.05, 3.63) is 47.7 Å². The van der Waals surface area contributed by atoms with Gasteiger partial charge in [0.05, 0.1) is 11.6 Å². The lowest BCUT2D eigenvalue weighted by atomic mass is 10.1. The molecule has 7 heteroatoms. The molecule has 1 aromatic carbocycles. The average Bonchev–Trinajstić information content (AvgIpc) is 2.64. The molecule has 1 saturated heterocycles.